The van der Waals surface area contributed by atoms with Crippen molar-refractivity contribution in [2.75, 3.05) is 10.6 Å². The van der Waals surface area contributed by atoms with Crippen LogP contribution >= 0.6 is 34.5 Å². The zero-order chi connectivity index (χ0) is 21.5. The van der Waals surface area contributed by atoms with Gasteiger partial charge in [0, 0.05) is 33.6 Å². The third-order valence-electron chi connectivity index (χ3n) is 5.00. The van der Waals surface area contributed by atoms with Gasteiger partial charge in [0.15, 0.2) is 0 Å². The number of thiazole rings is 1. The smallest absolute Gasteiger partial charge is 0.258 e. The van der Waals surface area contributed by atoms with Crippen LogP contribution in [0.25, 0.3) is 16.2 Å². The standard InChI is InChI=1S/C21H15Cl2N5O2S/c22-13-5-6-15(23)14(9-13)17-10-31-21-26-20(27-28(17)21)25-19(30)12-4-7-16-11(8-12)2-1-3-18(29)24-16/h4-10H,1-3H2,(H,24,29)(H,25,27,30). The fourth-order valence-corrected chi connectivity index (χ4v) is 4.71. The molecule has 1 aliphatic rings. The van der Waals surface area contributed by atoms with E-state index in [-0.39, 0.29) is 17.8 Å². The quantitative estimate of drug-likeness (QED) is 0.424. The molecule has 0 saturated heterocycles. The van der Waals surface area contributed by atoms with E-state index in [1.165, 1.54) is 11.3 Å². The number of aromatic nitrogens is 3. The van der Waals surface area contributed by atoms with Crippen LogP contribution < -0.4 is 10.6 Å². The highest BCUT2D eigenvalue weighted by Gasteiger charge is 2.18. The number of halogens is 2. The molecule has 10 heteroatoms. The maximum Gasteiger partial charge on any atom is 0.258 e. The van der Waals surface area contributed by atoms with Crippen LogP contribution in [0.1, 0.15) is 28.8 Å². The predicted molar refractivity (Wildman–Crippen MR) is 122 cm³/mol. The molecule has 0 saturated carbocycles. The van der Waals surface area contributed by atoms with E-state index >= 15 is 0 Å². The number of carbonyl (C=O) groups is 2. The van der Waals surface area contributed by atoms with E-state index < -0.39 is 0 Å². The number of amides is 2. The molecule has 0 unspecified atom stereocenters. The molecule has 31 heavy (non-hydrogen) atoms. The summed E-state index contributed by atoms with van der Waals surface area (Å²) in [6.07, 6.45) is 1.96. The number of fused-ring (bicyclic) bond motifs is 2. The zero-order valence-electron chi connectivity index (χ0n) is 16.0. The van der Waals surface area contributed by atoms with E-state index in [9.17, 15) is 9.59 Å². The zero-order valence-corrected chi connectivity index (χ0v) is 18.3. The van der Waals surface area contributed by atoms with Crippen molar-refractivity contribution in [3.8, 4) is 11.3 Å². The second-order valence-electron chi connectivity index (χ2n) is 7.10. The molecule has 156 valence electrons. The number of aryl methyl sites for hydroxylation is 1. The highest BCUT2D eigenvalue weighted by molar-refractivity contribution is 7.15. The maximum absolute atomic E-state index is 12.8. The van der Waals surface area contributed by atoms with Gasteiger partial charge in [0.1, 0.15) is 0 Å². The first-order valence-corrected chi connectivity index (χ1v) is 11.2. The Hall–Kier alpha value is -2.94. The van der Waals surface area contributed by atoms with Gasteiger partial charge in [0.25, 0.3) is 11.9 Å². The molecule has 2 amide bonds. The monoisotopic (exact) mass is 471 g/mol. The maximum atomic E-state index is 12.8. The summed E-state index contributed by atoms with van der Waals surface area (Å²) in [5, 5.41) is 13.0. The second kappa shape index (κ2) is 7.96. The van der Waals surface area contributed by atoms with Crippen molar-refractivity contribution in [1.82, 2.24) is 14.6 Å². The molecule has 5 rings (SSSR count). The predicted octanol–water partition coefficient (Wildman–Crippen LogP) is 5.29. The Morgan fingerprint density at radius 2 is 2.03 bits per heavy atom. The molecule has 0 aliphatic carbocycles. The van der Waals surface area contributed by atoms with Gasteiger partial charge >= 0.3 is 0 Å². The average molecular weight is 472 g/mol. The van der Waals surface area contributed by atoms with Gasteiger partial charge in [-0.25, -0.2) is 4.52 Å². The summed E-state index contributed by atoms with van der Waals surface area (Å²) in [6, 6.07) is 10.4. The van der Waals surface area contributed by atoms with Gasteiger partial charge in [-0.2, -0.15) is 4.98 Å². The van der Waals surface area contributed by atoms with Crippen LogP contribution in [-0.4, -0.2) is 26.4 Å². The van der Waals surface area contributed by atoms with Gasteiger partial charge in [-0.15, -0.1) is 16.4 Å². The number of hydrogen-bond acceptors (Lipinski definition) is 5. The molecule has 0 bridgehead atoms. The van der Waals surface area contributed by atoms with Crippen LogP contribution in [0.4, 0.5) is 11.6 Å². The minimum atomic E-state index is -0.320. The highest BCUT2D eigenvalue weighted by Crippen LogP contribution is 2.33. The van der Waals surface area contributed by atoms with E-state index in [0.717, 1.165) is 35.3 Å². The third-order valence-corrected chi connectivity index (χ3v) is 6.38. The van der Waals surface area contributed by atoms with E-state index in [4.69, 9.17) is 23.2 Å². The van der Waals surface area contributed by atoms with E-state index in [2.05, 4.69) is 20.7 Å². The van der Waals surface area contributed by atoms with Crippen LogP contribution in [0, 0.1) is 0 Å². The Kier molecular flexibility index (Phi) is 5.13. The topological polar surface area (TPSA) is 88.4 Å². The fraction of sp³-hybridized carbons (Fsp3) is 0.143. The first kappa shape index (κ1) is 20.0. The highest BCUT2D eigenvalue weighted by atomic mass is 35.5. The first-order valence-electron chi connectivity index (χ1n) is 9.52. The molecule has 0 radical (unpaired) electrons. The summed E-state index contributed by atoms with van der Waals surface area (Å²) in [4.78, 5) is 29.5. The van der Waals surface area contributed by atoms with Gasteiger partial charge in [-0.3, -0.25) is 14.9 Å². The summed E-state index contributed by atoms with van der Waals surface area (Å²) in [6.45, 7) is 0. The minimum absolute atomic E-state index is 0.00570. The van der Waals surface area contributed by atoms with Crippen molar-refractivity contribution in [3.63, 3.8) is 0 Å². The lowest BCUT2D eigenvalue weighted by molar-refractivity contribution is -0.116. The molecule has 2 N–H and O–H groups in total. The Bertz CT molecular complexity index is 1350. The van der Waals surface area contributed by atoms with Crippen molar-refractivity contribution >= 4 is 62.9 Å². The van der Waals surface area contributed by atoms with Gasteiger partial charge in [-0.1, -0.05) is 23.2 Å². The van der Waals surface area contributed by atoms with E-state index in [0.29, 0.717) is 27.0 Å². The lowest BCUT2D eigenvalue weighted by Crippen LogP contribution is -2.14. The van der Waals surface area contributed by atoms with Gasteiger partial charge in [0.05, 0.1) is 10.7 Å². The Morgan fingerprint density at radius 3 is 2.90 bits per heavy atom. The molecule has 1 aliphatic heterocycles. The SMILES string of the molecule is O=C1CCCc2cc(C(=O)Nc3nc4scc(-c5cc(Cl)ccc5Cl)n4n3)ccc2N1. The molecule has 7 nitrogen and oxygen atoms in total. The van der Waals surface area contributed by atoms with Crippen LogP contribution in [0.5, 0.6) is 0 Å². The van der Waals surface area contributed by atoms with Crippen molar-refractivity contribution in [2.45, 2.75) is 19.3 Å². The van der Waals surface area contributed by atoms with Crippen molar-refractivity contribution in [2.24, 2.45) is 0 Å². The number of nitrogens with one attached hydrogen (secondary N) is 2. The summed E-state index contributed by atoms with van der Waals surface area (Å²) in [5.41, 5.74) is 3.64. The minimum Gasteiger partial charge on any atom is -0.326 e. The average Bonchev–Trinajstić information content (AvgIpc) is 3.24. The Labute approximate surface area is 191 Å². The number of anilines is 2. The normalized spacial score (nSPS) is 13.5. The summed E-state index contributed by atoms with van der Waals surface area (Å²) in [5.74, 6) is -0.132. The van der Waals surface area contributed by atoms with Crippen molar-refractivity contribution in [3.05, 3.63) is 63.0 Å². The van der Waals surface area contributed by atoms with E-state index in [1.54, 1.807) is 40.9 Å². The molecule has 4 aromatic rings. The van der Waals surface area contributed by atoms with Gasteiger partial charge < -0.3 is 5.32 Å². The van der Waals surface area contributed by atoms with Gasteiger partial charge in [0.2, 0.25) is 10.9 Å². The second-order valence-corrected chi connectivity index (χ2v) is 8.78. The van der Waals surface area contributed by atoms with Crippen LogP contribution in [0.2, 0.25) is 10.0 Å². The first-order chi connectivity index (χ1) is 15.0. The number of hydrogen-bond donors (Lipinski definition) is 2. The van der Waals surface area contributed by atoms with Gasteiger partial charge in [-0.05, 0) is 54.8 Å². The summed E-state index contributed by atoms with van der Waals surface area (Å²) < 4.78 is 1.63. The van der Waals surface area contributed by atoms with E-state index in [1.807, 2.05) is 5.38 Å². The molecule has 0 atom stereocenters. The molecule has 2 aromatic heterocycles. The van der Waals surface area contributed by atoms with Crippen LogP contribution in [-0.2, 0) is 11.2 Å². The molecule has 2 aromatic carbocycles. The third kappa shape index (κ3) is 3.89. The molecule has 3 heterocycles. The number of nitrogens with zero attached hydrogens (tertiary/aromatic N) is 3. The lowest BCUT2D eigenvalue weighted by atomic mass is 10.0. The Balaban J connectivity index is 1.42. The van der Waals surface area contributed by atoms with Crippen LogP contribution in [0.3, 0.4) is 0 Å². The summed E-state index contributed by atoms with van der Waals surface area (Å²) >= 11 is 13.8. The lowest BCUT2D eigenvalue weighted by Gasteiger charge is -2.08. The molecular weight excluding hydrogens is 457 g/mol. The largest absolute Gasteiger partial charge is 0.326 e. The van der Waals surface area contributed by atoms with Crippen molar-refractivity contribution < 1.29 is 9.59 Å². The number of rotatable bonds is 3. The summed E-state index contributed by atoms with van der Waals surface area (Å²) in [7, 11) is 0. The number of carbonyl (C=O) groups excluding carboxylic acids is 2. The molecule has 0 fully saturated rings. The Morgan fingerprint density at radius 1 is 1.16 bits per heavy atom. The number of benzene rings is 2. The fourth-order valence-electron chi connectivity index (χ4n) is 3.50. The van der Waals surface area contributed by atoms with Crippen LogP contribution in [0.15, 0.2) is 41.8 Å². The van der Waals surface area contributed by atoms with Crippen molar-refractivity contribution in [1.29, 1.82) is 0 Å². The molecular formula is C21H15Cl2N5O2S. The molecule has 0 spiro atoms.